The lowest BCUT2D eigenvalue weighted by atomic mass is 9.91. The summed E-state index contributed by atoms with van der Waals surface area (Å²) >= 11 is 6.02. The molecule has 0 atom stereocenters. The predicted octanol–water partition coefficient (Wildman–Crippen LogP) is 3.45. The van der Waals surface area contributed by atoms with Crippen LogP contribution in [0.3, 0.4) is 0 Å². The van der Waals surface area contributed by atoms with Crippen LogP contribution in [0.4, 0.5) is 5.82 Å². The first-order valence-corrected chi connectivity index (χ1v) is 9.13. The highest BCUT2D eigenvalue weighted by atomic mass is 35.5. The maximum atomic E-state index is 12.9. The zero-order valence-electron chi connectivity index (χ0n) is 14.9. The lowest BCUT2D eigenvalue weighted by Gasteiger charge is -2.30. The fraction of sp³-hybridized carbons (Fsp3) is 0.143. The third kappa shape index (κ3) is 3.17. The van der Waals surface area contributed by atoms with Crippen LogP contribution < -0.4 is 5.73 Å². The summed E-state index contributed by atoms with van der Waals surface area (Å²) < 4.78 is 0. The number of nitrogen functional groups attached to an aromatic ring is 1. The van der Waals surface area contributed by atoms with E-state index in [2.05, 4.69) is 16.0 Å². The van der Waals surface area contributed by atoms with Crippen LogP contribution >= 0.6 is 11.6 Å². The molecule has 1 aliphatic heterocycles. The van der Waals surface area contributed by atoms with Crippen molar-refractivity contribution < 1.29 is 4.79 Å². The fourth-order valence-electron chi connectivity index (χ4n) is 3.47. The third-order valence-corrected chi connectivity index (χ3v) is 5.07. The van der Waals surface area contributed by atoms with E-state index < -0.39 is 0 Å². The van der Waals surface area contributed by atoms with Crippen molar-refractivity contribution in [2.45, 2.75) is 13.0 Å². The van der Waals surface area contributed by atoms with Gasteiger partial charge in [0.15, 0.2) is 0 Å². The van der Waals surface area contributed by atoms with Crippen LogP contribution in [-0.4, -0.2) is 27.3 Å². The van der Waals surface area contributed by atoms with Gasteiger partial charge in [-0.2, -0.15) is 5.26 Å². The molecule has 3 aromatic rings. The number of hydrogen-bond donors (Lipinski definition) is 1. The molecular weight excluding hydrogens is 374 g/mol. The van der Waals surface area contributed by atoms with Crippen molar-refractivity contribution in [2.24, 2.45) is 0 Å². The molecule has 0 saturated heterocycles. The van der Waals surface area contributed by atoms with E-state index in [4.69, 9.17) is 17.3 Å². The van der Waals surface area contributed by atoms with Gasteiger partial charge < -0.3 is 10.6 Å². The Morgan fingerprint density at radius 2 is 2.04 bits per heavy atom. The highest BCUT2D eigenvalue weighted by molar-refractivity contribution is 6.30. The Balaban J connectivity index is 1.81. The standard InChI is InChI=1S/C21H16ClN5O/c22-15-5-3-13(4-6-15)19-16(10-23)20(24)26-18-7-9-27(12-17(18)19)21(28)14-2-1-8-25-11-14/h1-6,8,11H,7,9,12H2,(H2,24,26). The van der Waals surface area contributed by atoms with Crippen molar-refractivity contribution in [3.63, 3.8) is 0 Å². The number of amides is 1. The number of carbonyl (C=O) groups excluding carboxylic acids is 1. The van der Waals surface area contributed by atoms with Crippen molar-refractivity contribution in [1.82, 2.24) is 14.9 Å². The van der Waals surface area contributed by atoms with E-state index in [1.807, 2.05) is 12.1 Å². The average molecular weight is 390 g/mol. The molecule has 6 nitrogen and oxygen atoms in total. The molecule has 0 bridgehead atoms. The number of fused-ring (bicyclic) bond motifs is 1. The SMILES string of the molecule is N#Cc1c(N)nc2c(c1-c1ccc(Cl)cc1)CN(C(=O)c1cccnc1)CC2. The van der Waals surface area contributed by atoms with Gasteiger partial charge in [0.2, 0.25) is 0 Å². The minimum absolute atomic E-state index is 0.101. The molecule has 0 aliphatic carbocycles. The first-order chi connectivity index (χ1) is 13.6. The monoisotopic (exact) mass is 389 g/mol. The van der Waals surface area contributed by atoms with Gasteiger partial charge in [-0.05, 0) is 29.8 Å². The number of hydrogen-bond acceptors (Lipinski definition) is 5. The molecule has 1 aliphatic rings. The smallest absolute Gasteiger partial charge is 0.255 e. The Morgan fingerprint density at radius 1 is 1.25 bits per heavy atom. The van der Waals surface area contributed by atoms with Gasteiger partial charge in [-0.15, -0.1) is 0 Å². The van der Waals surface area contributed by atoms with E-state index in [0.717, 1.165) is 16.8 Å². The molecule has 7 heteroatoms. The van der Waals surface area contributed by atoms with Crippen molar-refractivity contribution in [3.05, 3.63) is 76.2 Å². The van der Waals surface area contributed by atoms with Gasteiger partial charge in [0.25, 0.3) is 5.91 Å². The largest absolute Gasteiger partial charge is 0.383 e. The zero-order chi connectivity index (χ0) is 19.7. The maximum absolute atomic E-state index is 12.9. The van der Waals surface area contributed by atoms with Gasteiger partial charge >= 0.3 is 0 Å². The van der Waals surface area contributed by atoms with Crippen LogP contribution in [0.25, 0.3) is 11.1 Å². The lowest BCUT2D eigenvalue weighted by molar-refractivity contribution is 0.0733. The molecule has 2 N–H and O–H groups in total. The molecule has 1 amide bonds. The van der Waals surface area contributed by atoms with E-state index in [1.54, 1.807) is 41.6 Å². The Morgan fingerprint density at radius 3 is 2.71 bits per heavy atom. The van der Waals surface area contributed by atoms with Crippen LogP contribution in [0.1, 0.15) is 27.2 Å². The molecule has 0 radical (unpaired) electrons. The number of pyridine rings is 2. The van der Waals surface area contributed by atoms with Gasteiger partial charge in [0, 0.05) is 48.1 Å². The Kier molecular flexibility index (Phi) is 4.68. The minimum atomic E-state index is -0.101. The Hall–Kier alpha value is -3.43. The molecule has 2 aromatic heterocycles. The Bertz CT molecular complexity index is 1090. The van der Waals surface area contributed by atoms with Crippen molar-refractivity contribution in [2.75, 3.05) is 12.3 Å². The molecule has 0 unspecified atom stereocenters. The van der Waals surface area contributed by atoms with Crippen molar-refractivity contribution in [3.8, 4) is 17.2 Å². The second-order valence-electron chi connectivity index (χ2n) is 6.51. The summed E-state index contributed by atoms with van der Waals surface area (Å²) in [6, 6.07) is 12.9. The van der Waals surface area contributed by atoms with E-state index in [0.29, 0.717) is 41.2 Å². The normalized spacial score (nSPS) is 12.9. The maximum Gasteiger partial charge on any atom is 0.255 e. The third-order valence-electron chi connectivity index (χ3n) is 4.82. The van der Waals surface area contributed by atoms with E-state index in [-0.39, 0.29) is 11.7 Å². The summed E-state index contributed by atoms with van der Waals surface area (Å²) in [4.78, 5) is 23.1. The number of carbonyl (C=O) groups is 1. The van der Waals surface area contributed by atoms with E-state index >= 15 is 0 Å². The number of rotatable bonds is 2. The number of aromatic nitrogens is 2. The van der Waals surface area contributed by atoms with Crippen LogP contribution in [0.15, 0.2) is 48.8 Å². The number of nitrogens with two attached hydrogens (primary N) is 1. The second-order valence-corrected chi connectivity index (χ2v) is 6.95. The van der Waals surface area contributed by atoms with Crippen LogP contribution in [0, 0.1) is 11.3 Å². The molecule has 3 heterocycles. The molecule has 4 rings (SSSR count). The lowest BCUT2D eigenvalue weighted by Crippen LogP contribution is -2.37. The molecule has 0 fully saturated rings. The summed E-state index contributed by atoms with van der Waals surface area (Å²) in [6.45, 7) is 0.877. The quantitative estimate of drug-likeness (QED) is 0.724. The molecule has 138 valence electrons. The molecular formula is C21H16ClN5O. The summed E-state index contributed by atoms with van der Waals surface area (Å²) in [5.41, 5.74) is 10.1. The fourth-order valence-corrected chi connectivity index (χ4v) is 3.60. The van der Waals surface area contributed by atoms with Gasteiger partial charge in [0.05, 0.1) is 11.3 Å². The second kappa shape index (κ2) is 7.29. The topological polar surface area (TPSA) is 95.9 Å². The van der Waals surface area contributed by atoms with Gasteiger partial charge in [0.1, 0.15) is 17.5 Å². The van der Waals surface area contributed by atoms with Crippen molar-refractivity contribution in [1.29, 1.82) is 5.26 Å². The highest BCUT2D eigenvalue weighted by Crippen LogP contribution is 2.35. The van der Waals surface area contributed by atoms with Crippen LogP contribution in [-0.2, 0) is 13.0 Å². The van der Waals surface area contributed by atoms with Crippen LogP contribution in [0.2, 0.25) is 5.02 Å². The highest BCUT2D eigenvalue weighted by Gasteiger charge is 2.28. The summed E-state index contributed by atoms with van der Waals surface area (Å²) in [6.07, 6.45) is 3.75. The molecule has 1 aromatic carbocycles. The average Bonchev–Trinajstić information content (AvgIpc) is 2.73. The number of nitrogens with zero attached hydrogens (tertiary/aromatic N) is 4. The van der Waals surface area contributed by atoms with Crippen molar-refractivity contribution >= 4 is 23.3 Å². The first kappa shape index (κ1) is 18.0. The zero-order valence-corrected chi connectivity index (χ0v) is 15.6. The molecule has 28 heavy (non-hydrogen) atoms. The number of anilines is 1. The summed E-state index contributed by atoms with van der Waals surface area (Å²) in [7, 11) is 0. The van der Waals surface area contributed by atoms with E-state index in [9.17, 15) is 10.1 Å². The number of benzene rings is 1. The van der Waals surface area contributed by atoms with Gasteiger partial charge in [-0.25, -0.2) is 4.98 Å². The number of halogens is 1. The summed E-state index contributed by atoms with van der Waals surface area (Å²) in [5.74, 6) is 0.106. The molecule has 0 saturated carbocycles. The number of nitriles is 1. The Labute approximate surface area is 167 Å². The predicted molar refractivity (Wildman–Crippen MR) is 106 cm³/mol. The first-order valence-electron chi connectivity index (χ1n) is 8.75. The van der Waals surface area contributed by atoms with Crippen LogP contribution in [0.5, 0.6) is 0 Å². The van der Waals surface area contributed by atoms with E-state index in [1.165, 1.54) is 0 Å². The molecule has 0 spiro atoms. The summed E-state index contributed by atoms with van der Waals surface area (Å²) in [5, 5.41) is 10.3. The minimum Gasteiger partial charge on any atom is -0.383 e. The van der Waals surface area contributed by atoms with Gasteiger partial charge in [-0.1, -0.05) is 23.7 Å². The van der Waals surface area contributed by atoms with Gasteiger partial charge in [-0.3, -0.25) is 9.78 Å².